The van der Waals surface area contributed by atoms with Gasteiger partial charge in [0.25, 0.3) is 0 Å². The second-order valence-electron chi connectivity index (χ2n) is 2.01. The molecule has 0 bridgehead atoms. The first-order chi connectivity index (χ1) is 5.31. The van der Waals surface area contributed by atoms with E-state index in [2.05, 4.69) is 0 Å². The summed E-state index contributed by atoms with van der Waals surface area (Å²) in [6.45, 7) is 0.112. The van der Waals surface area contributed by atoms with Crippen molar-refractivity contribution in [1.29, 1.82) is 0 Å². The number of alkyl halides is 5. The molecule has 0 aromatic heterocycles. The van der Waals surface area contributed by atoms with Gasteiger partial charge in [0.05, 0.1) is 0 Å². The number of nitrogens with two attached hydrogens (primary N) is 1. The Morgan fingerprint density at radius 2 is 1.54 bits per heavy atom. The van der Waals surface area contributed by atoms with Crippen LogP contribution < -0.4 is 5.73 Å². The van der Waals surface area contributed by atoms with E-state index in [9.17, 15) is 22.0 Å². The van der Waals surface area contributed by atoms with Crippen LogP contribution in [-0.2, 0) is 0 Å². The fourth-order valence-corrected chi connectivity index (χ4v) is 1.10. The van der Waals surface area contributed by atoms with Gasteiger partial charge in [-0.1, -0.05) is 11.8 Å². The molecule has 0 spiro atoms. The molecular weight excluding hydrogens is 237 g/mol. The van der Waals surface area contributed by atoms with Crippen molar-refractivity contribution in [1.82, 2.24) is 0 Å². The predicted octanol–water partition coefficient (Wildman–Crippen LogP) is 2.65. The molecule has 0 aliphatic heterocycles. The molecule has 0 fully saturated rings. The summed E-state index contributed by atoms with van der Waals surface area (Å²) in [6.07, 6.45) is -5.32. The van der Waals surface area contributed by atoms with Crippen molar-refractivity contribution in [3.63, 3.8) is 0 Å². The predicted molar refractivity (Wildman–Crippen MR) is 44.4 cm³/mol. The number of hydrogen-bond donors (Lipinski definition) is 1. The van der Waals surface area contributed by atoms with Crippen LogP contribution in [0.25, 0.3) is 0 Å². The van der Waals surface area contributed by atoms with Crippen molar-refractivity contribution in [3.8, 4) is 0 Å². The molecule has 0 saturated carbocycles. The van der Waals surface area contributed by atoms with Crippen molar-refractivity contribution in [2.24, 2.45) is 5.73 Å². The summed E-state index contributed by atoms with van der Waals surface area (Å²) in [4.78, 5) is 0. The van der Waals surface area contributed by atoms with Crippen LogP contribution >= 0.6 is 24.2 Å². The largest absolute Gasteiger partial charge is 0.464 e. The zero-order chi connectivity index (χ0) is 9.83. The molecule has 13 heavy (non-hydrogen) atoms. The molecular formula is C5H9ClF5NS. The summed E-state index contributed by atoms with van der Waals surface area (Å²) in [5.41, 5.74) is 4.93. The Kier molecular flexibility index (Phi) is 7.10. The molecule has 0 aromatic rings. The van der Waals surface area contributed by atoms with E-state index in [1.54, 1.807) is 0 Å². The van der Waals surface area contributed by atoms with E-state index in [1.807, 2.05) is 0 Å². The van der Waals surface area contributed by atoms with Crippen LogP contribution in [0.1, 0.15) is 6.42 Å². The van der Waals surface area contributed by atoms with Gasteiger partial charge in [0.15, 0.2) is 0 Å². The second-order valence-corrected chi connectivity index (χ2v) is 3.21. The summed E-state index contributed by atoms with van der Waals surface area (Å²) in [6, 6.07) is 0. The Morgan fingerprint density at radius 3 is 1.85 bits per heavy atom. The van der Waals surface area contributed by atoms with E-state index in [-0.39, 0.29) is 31.1 Å². The molecule has 1 nitrogen and oxygen atoms in total. The molecule has 0 radical (unpaired) electrons. The molecule has 0 saturated heterocycles. The Bertz CT molecular complexity index is 139. The van der Waals surface area contributed by atoms with E-state index >= 15 is 0 Å². The van der Waals surface area contributed by atoms with Crippen LogP contribution in [0.2, 0.25) is 0 Å². The molecule has 0 rings (SSSR count). The Labute approximate surface area is 82.6 Å². The van der Waals surface area contributed by atoms with E-state index < -0.39 is 23.2 Å². The van der Waals surface area contributed by atoms with Gasteiger partial charge in [-0.25, -0.2) is 0 Å². The maximum Gasteiger partial charge on any atom is 0.464 e. The SMILES string of the molecule is Cl.NCCCSC(F)(F)C(F)(F)F. The van der Waals surface area contributed by atoms with Gasteiger partial charge in [-0.15, -0.1) is 12.4 Å². The number of thioether (sulfide) groups is 1. The third-order valence-electron chi connectivity index (χ3n) is 0.962. The lowest BCUT2D eigenvalue weighted by molar-refractivity contribution is -0.237. The van der Waals surface area contributed by atoms with Gasteiger partial charge in [0.1, 0.15) is 0 Å². The highest BCUT2D eigenvalue weighted by atomic mass is 35.5. The van der Waals surface area contributed by atoms with Gasteiger partial charge < -0.3 is 5.73 Å². The van der Waals surface area contributed by atoms with Crippen LogP contribution in [0.15, 0.2) is 0 Å². The first kappa shape index (κ1) is 15.7. The van der Waals surface area contributed by atoms with E-state index in [0.29, 0.717) is 0 Å². The maximum absolute atomic E-state index is 12.1. The average Bonchev–Trinajstić information content (AvgIpc) is 1.85. The van der Waals surface area contributed by atoms with E-state index in [4.69, 9.17) is 5.73 Å². The van der Waals surface area contributed by atoms with Crippen molar-refractivity contribution in [2.75, 3.05) is 12.3 Å². The molecule has 0 aliphatic rings. The van der Waals surface area contributed by atoms with Gasteiger partial charge in [-0.3, -0.25) is 0 Å². The molecule has 8 heteroatoms. The minimum absolute atomic E-state index is 0. The summed E-state index contributed by atoms with van der Waals surface area (Å²) in [5.74, 6) is -0.289. The summed E-state index contributed by atoms with van der Waals surface area (Å²) < 4.78 is 58.5. The first-order valence-electron chi connectivity index (χ1n) is 3.10. The maximum atomic E-state index is 12.1. The molecule has 0 atom stereocenters. The first-order valence-corrected chi connectivity index (χ1v) is 4.08. The van der Waals surface area contributed by atoms with Gasteiger partial charge in [0, 0.05) is 5.75 Å². The third-order valence-corrected chi connectivity index (χ3v) is 2.05. The van der Waals surface area contributed by atoms with Crippen LogP contribution in [0, 0.1) is 0 Å². The molecule has 2 N–H and O–H groups in total. The van der Waals surface area contributed by atoms with Crippen molar-refractivity contribution < 1.29 is 22.0 Å². The lowest BCUT2D eigenvalue weighted by atomic mass is 10.5. The van der Waals surface area contributed by atoms with Gasteiger partial charge in [-0.2, -0.15) is 22.0 Å². The molecule has 0 heterocycles. The monoisotopic (exact) mass is 245 g/mol. The van der Waals surface area contributed by atoms with Crippen LogP contribution in [0.3, 0.4) is 0 Å². The van der Waals surface area contributed by atoms with Crippen molar-refractivity contribution in [2.45, 2.75) is 17.9 Å². The van der Waals surface area contributed by atoms with Crippen molar-refractivity contribution in [3.05, 3.63) is 0 Å². The average molecular weight is 246 g/mol. The molecule has 0 aromatic carbocycles. The number of rotatable bonds is 4. The van der Waals surface area contributed by atoms with E-state index in [0.717, 1.165) is 0 Å². The van der Waals surface area contributed by atoms with Gasteiger partial charge >= 0.3 is 11.4 Å². The highest BCUT2D eigenvalue weighted by Gasteiger charge is 2.57. The molecule has 0 unspecified atom stereocenters. The highest BCUT2D eigenvalue weighted by Crippen LogP contribution is 2.44. The van der Waals surface area contributed by atoms with Crippen molar-refractivity contribution >= 4 is 24.2 Å². The fourth-order valence-electron chi connectivity index (χ4n) is 0.366. The molecule has 0 amide bonds. The number of hydrogen-bond acceptors (Lipinski definition) is 2. The van der Waals surface area contributed by atoms with Gasteiger partial charge in [0.2, 0.25) is 0 Å². The Hall–Kier alpha value is 0.250. The minimum Gasteiger partial charge on any atom is -0.330 e. The standard InChI is InChI=1S/C5H8F5NS.ClH/c6-4(7,8)5(9,10)12-3-1-2-11;/h1-3,11H2;1H. The smallest absolute Gasteiger partial charge is 0.330 e. The molecule has 0 aliphatic carbocycles. The summed E-state index contributed by atoms with van der Waals surface area (Å²) in [5, 5.41) is -4.65. The topological polar surface area (TPSA) is 26.0 Å². The lowest BCUT2D eigenvalue weighted by Crippen LogP contribution is -2.33. The second kappa shape index (κ2) is 5.87. The van der Waals surface area contributed by atoms with E-state index in [1.165, 1.54) is 0 Å². The fraction of sp³-hybridized carbons (Fsp3) is 1.00. The third kappa shape index (κ3) is 5.53. The zero-order valence-corrected chi connectivity index (χ0v) is 8.04. The number of halogens is 6. The van der Waals surface area contributed by atoms with Gasteiger partial charge in [-0.05, 0) is 13.0 Å². The summed E-state index contributed by atoms with van der Waals surface area (Å²) in [7, 11) is 0. The minimum atomic E-state index is -5.47. The quantitative estimate of drug-likeness (QED) is 0.609. The summed E-state index contributed by atoms with van der Waals surface area (Å²) >= 11 is -0.428. The Morgan fingerprint density at radius 1 is 1.08 bits per heavy atom. The normalized spacial score (nSPS) is 12.5. The Balaban J connectivity index is 0. The van der Waals surface area contributed by atoms with Crippen LogP contribution in [-0.4, -0.2) is 23.7 Å². The molecule has 82 valence electrons. The zero-order valence-electron chi connectivity index (χ0n) is 6.40. The van der Waals surface area contributed by atoms with Crippen LogP contribution in [0.4, 0.5) is 22.0 Å². The lowest BCUT2D eigenvalue weighted by Gasteiger charge is -2.18. The van der Waals surface area contributed by atoms with Crippen LogP contribution in [0.5, 0.6) is 0 Å². The highest BCUT2D eigenvalue weighted by molar-refractivity contribution is 8.00.